The van der Waals surface area contributed by atoms with Gasteiger partial charge in [0.15, 0.2) is 16.9 Å². The van der Waals surface area contributed by atoms with Crippen LogP contribution < -0.4 is 30.9 Å². The molecule has 0 atom stereocenters. The maximum atomic E-state index is 7.81. The van der Waals surface area contributed by atoms with Crippen LogP contribution in [0.2, 0.25) is 0 Å². The quantitative estimate of drug-likeness (QED) is 0.114. The van der Waals surface area contributed by atoms with Gasteiger partial charge in [0, 0.05) is 16.0 Å². The van der Waals surface area contributed by atoms with Crippen LogP contribution >= 0.6 is 19.3 Å². The summed E-state index contributed by atoms with van der Waals surface area (Å²) in [7, 11) is -2.95. The summed E-state index contributed by atoms with van der Waals surface area (Å²) in [5.74, 6) is 1.55. The number of hydrogen-bond donors (Lipinski definition) is 0. The van der Waals surface area contributed by atoms with Crippen LogP contribution in [0.15, 0.2) is 191 Å². The summed E-state index contributed by atoms with van der Waals surface area (Å²) in [6.07, 6.45) is 6.43. The molecule has 276 valence electrons. The van der Waals surface area contributed by atoms with Gasteiger partial charge >= 0.3 is 0 Å². The van der Waals surface area contributed by atoms with Crippen molar-refractivity contribution in [3.05, 3.63) is 225 Å². The molecule has 7 aromatic carbocycles. The molecule has 0 unspecified atom stereocenters. The SMILES string of the molecule is CSc1ccccc1O[P+](c1ccccc1)(c1ccccc1)c1cccc(=C2N=CC(c3c(C)cc(C)cc3C)=N2)c1=C1C=C(c2ccccc2)c2ccccc21. The maximum Gasteiger partial charge on any atom is 0.288 e. The molecular formula is C52H42N2OPS+. The second-order valence-electron chi connectivity index (χ2n) is 14.5. The van der Waals surface area contributed by atoms with E-state index in [-0.39, 0.29) is 0 Å². The highest BCUT2D eigenvalue weighted by Gasteiger charge is 2.51. The van der Waals surface area contributed by atoms with E-state index in [1.54, 1.807) is 11.8 Å². The average Bonchev–Trinajstić information content (AvgIpc) is 3.89. The van der Waals surface area contributed by atoms with E-state index in [1.807, 2.05) is 6.21 Å². The molecule has 1 aliphatic heterocycles. The Bertz CT molecular complexity index is 2820. The molecule has 0 radical (unpaired) electrons. The number of nitrogens with zero attached hydrogens (tertiary/aromatic N) is 2. The molecule has 0 fully saturated rings. The number of para-hydroxylation sites is 1. The van der Waals surface area contributed by atoms with Gasteiger partial charge in [-0.05, 0) is 115 Å². The predicted octanol–water partition coefficient (Wildman–Crippen LogP) is 9.91. The van der Waals surface area contributed by atoms with Crippen molar-refractivity contribution in [1.82, 2.24) is 0 Å². The van der Waals surface area contributed by atoms with Crippen LogP contribution in [-0.4, -0.2) is 18.2 Å². The van der Waals surface area contributed by atoms with Crippen LogP contribution in [0.5, 0.6) is 5.75 Å². The molecule has 1 heterocycles. The molecule has 0 spiro atoms. The number of benzene rings is 7. The van der Waals surface area contributed by atoms with Crippen molar-refractivity contribution >= 4 is 64.1 Å². The second-order valence-corrected chi connectivity index (χ2v) is 18.2. The molecule has 0 aromatic heterocycles. The fourth-order valence-corrected chi connectivity index (χ4v) is 12.7. The van der Waals surface area contributed by atoms with Gasteiger partial charge < -0.3 is 4.52 Å². The highest BCUT2D eigenvalue weighted by atomic mass is 32.2. The maximum absolute atomic E-state index is 7.81. The summed E-state index contributed by atoms with van der Waals surface area (Å²) in [5.41, 5.74) is 11.5. The molecule has 2 aliphatic rings. The lowest BCUT2D eigenvalue weighted by molar-refractivity contribution is 0.604. The molecule has 0 N–H and O–H groups in total. The van der Waals surface area contributed by atoms with Crippen LogP contribution in [-0.2, 0) is 0 Å². The number of aliphatic imine (C=N–C) groups is 2. The molecule has 3 nitrogen and oxygen atoms in total. The van der Waals surface area contributed by atoms with Crippen LogP contribution in [0.1, 0.15) is 38.9 Å². The van der Waals surface area contributed by atoms with Crippen molar-refractivity contribution in [3.8, 4) is 5.75 Å². The molecule has 0 bridgehead atoms. The first kappa shape index (κ1) is 36.6. The Morgan fingerprint density at radius 1 is 0.596 bits per heavy atom. The number of thioether (sulfide) groups is 1. The summed E-state index contributed by atoms with van der Waals surface area (Å²) >= 11 is 1.70. The van der Waals surface area contributed by atoms with Gasteiger partial charge in [-0.3, -0.25) is 0 Å². The van der Waals surface area contributed by atoms with E-state index in [0.29, 0.717) is 5.82 Å². The molecule has 0 saturated carbocycles. The molecule has 7 aromatic rings. The first-order valence-corrected chi connectivity index (χ1v) is 22.2. The number of fused-ring (bicyclic) bond motifs is 1. The van der Waals surface area contributed by atoms with Crippen molar-refractivity contribution in [1.29, 1.82) is 0 Å². The first-order chi connectivity index (χ1) is 28.0. The minimum atomic E-state index is -2.95. The zero-order chi connectivity index (χ0) is 38.9. The summed E-state index contributed by atoms with van der Waals surface area (Å²) in [5, 5.41) is 5.40. The molecule has 5 heteroatoms. The van der Waals surface area contributed by atoms with Crippen LogP contribution in [0.25, 0.3) is 17.0 Å². The first-order valence-electron chi connectivity index (χ1n) is 19.3. The van der Waals surface area contributed by atoms with E-state index in [1.165, 1.54) is 39.0 Å². The van der Waals surface area contributed by atoms with E-state index in [2.05, 4.69) is 203 Å². The van der Waals surface area contributed by atoms with Gasteiger partial charge in [-0.25, -0.2) is 9.98 Å². The van der Waals surface area contributed by atoms with E-state index < -0.39 is 7.49 Å². The molecule has 1 aliphatic carbocycles. The summed E-state index contributed by atoms with van der Waals surface area (Å²) in [6.45, 7) is 6.48. The Labute approximate surface area is 340 Å². The van der Waals surface area contributed by atoms with Crippen molar-refractivity contribution in [3.63, 3.8) is 0 Å². The van der Waals surface area contributed by atoms with Crippen molar-refractivity contribution < 1.29 is 4.52 Å². The van der Waals surface area contributed by atoms with E-state index >= 15 is 0 Å². The van der Waals surface area contributed by atoms with E-state index in [4.69, 9.17) is 14.5 Å². The summed E-state index contributed by atoms with van der Waals surface area (Å²) in [4.78, 5) is 11.6. The van der Waals surface area contributed by atoms with Gasteiger partial charge in [0.2, 0.25) is 0 Å². The minimum absolute atomic E-state index is 0.691. The van der Waals surface area contributed by atoms with Crippen LogP contribution in [0.4, 0.5) is 0 Å². The van der Waals surface area contributed by atoms with Gasteiger partial charge in [0.25, 0.3) is 7.49 Å². The predicted molar refractivity (Wildman–Crippen MR) is 245 cm³/mol. The van der Waals surface area contributed by atoms with Gasteiger partial charge in [-0.2, -0.15) is 0 Å². The molecule has 9 rings (SSSR count). The Kier molecular flexibility index (Phi) is 9.92. The molecular weight excluding hydrogens is 732 g/mol. The Balaban J connectivity index is 1.47. The lowest BCUT2D eigenvalue weighted by atomic mass is 9.96. The highest BCUT2D eigenvalue weighted by Crippen LogP contribution is 2.56. The highest BCUT2D eigenvalue weighted by molar-refractivity contribution is 7.98. The van der Waals surface area contributed by atoms with Crippen LogP contribution in [0, 0.1) is 20.8 Å². The fourth-order valence-electron chi connectivity index (χ4n) is 8.42. The normalized spacial score (nSPS) is 15.3. The lowest BCUT2D eigenvalue weighted by Crippen LogP contribution is -2.48. The average molecular weight is 774 g/mol. The monoisotopic (exact) mass is 773 g/mol. The number of allylic oxidation sites excluding steroid dienone is 1. The number of hydrogen-bond acceptors (Lipinski definition) is 4. The zero-order valence-corrected chi connectivity index (χ0v) is 34.2. The Hall–Kier alpha value is -6.06. The smallest absolute Gasteiger partial charge is 0.288 e. The zero-order valence-electron chi connectivity index (χ0n) is 32.5. The summed E-state index contributed by atoms with van der Waals surface area (Å²) in [6, 6.07) is 60.6. The van der Waals surface area contributed by atoms with Crippen molar-refractivity contribution in [2.75, 3.05) is 6.26 Å². The third-order valence-corrected chi connectivity index (χ3v) is 15.1. The Morgan fingerprint density at radius 2 is 1.19 bits per heavy atom. The molecule has 0 amide bonds. The van der Waals surface area contributed by atoms with Gasteiger partial charge in [-0.15, -0.1) is 11.8 Å². The third-order valence-electron chi connectivity index (χ3n) is 10.8. The standard InChI is InChI=1S/C52H42N2OPS/c1-35-31-36(2)50(37(3)32-35)46-34-53-52(54-46)43-27-18-29-48(51(43)45-33-44(38-19-8-5-9-20-38)41-25-14-15-26-42(41)45)56(39-21-10-6-11-22-39,40-23-12-7-13-24-40)55-47-28-16-17-30-49(47)57-4/h5-34H,1-4H3/q+1. The van der Waals surface area contributed by atoms with Gasteiger partial charge in [0.1, 0.15) is 10.6 Å². The topological polar surface area (TPSA) is 34.0 Å². The van der Waals surface area contributed by atoms with Crippen molar-refractivity contribution in [2.45, 2.75) is 25.7 Å². The van der Waals surface area contributed by atoms with E-state index in [0.717, 1.165) is 53.8 Å². The number of aryl methyl sites for hydroxylation is 3. The van der Waals surface area contributed by atoms with Gasteiger partial charge in [0.05, 0.1) is 16.8 Å². The minimum Gasteiger partial charge on any atom is -0.333 e. The van der Waals surface area contributed by atoms with Gasteiger partial charge in [-0.1, -0.05) is 133 Å². The van der Waals surface area contributed by atoms with Crippen LogP contribution in [0.3, 0.4) is 0 Å². The second kappa shape index (κ2) is 15.5. The third kappa shape index (κ3) is 6.59. The lowest BCUT2D eigenvalue weighted by Gasteiger charge is -2.27. The molecule has 57 heavy (non-hydrogen) atoms. The largest absolute Gasteiger partial charge is 0.333 e. The Morgan fingerprint density at radius 3 is 1.86 bits per heavy atom. The van der Waals surface area contributed by atoms with Crippen molar-refractivity contribution in [2.24, 2.45) is 9.98 Å². The molecule has 0 saturated heterocycles. The van der Waals surface area contributed by atoms with E-state index in [9.17, 15) is 0 Å². The fraction of sp³-hybridized carbons (Fsp3) is 0.0769. The summed E-state index contributed by atoms with van der Waals surface area (Å²) < 4.78 is 7.81. The number of rotatable bonds is 8.